The zero-order chi connectivity index (χ0) is 12.0. The molecular weight excluding hydrogens is 208 g/mol. The summed E-state index contributed by atoms with van der Waals surface area (Å²) in [4.78, 5) is 10.5. The minimum Gasteiger partial charge on any atom is -0.491 e. The van der Waals surface area contributed by atoms with E-state index in [9.17, 15) is 9.90 Å². The third-order valence-electron chi connectivity index (χ3n) is 1.97. The minimum absolute atomic E-state index is 0.00215. The molecule has 1 aromatic rings. The molecule has 0 aromatic heterocycles. The zero-order valence-corrected chi connectivity index (χ0v) is 8.80. The predicted molar refractivity (Wildman–Crippen MR) is 59.3 cm³/mol. The Balaban J connectivity index is 2.33. The summed E-state index contributed by atoms with van der Waals surface area (Å²) in [7, 11) is 0. The normalized spacial score (nSPS) is 11.8. The Morgan fingerprint density at radius 2 is 2.00 bits per heavy atom. The Hall–Kier alpha value is -1.81. The van der Waals surface area contributed by atoms with E-state index in [1.54, 1.807) is 12.1 Å². The van der Waals surface area contributed by atoms with Crippen molar-refractivity contribution in [3.63, 3.8) is 0 Å². The number of carboxylic acids is 1. The molecule has 0 aliphatic rings. The Kier molecular flexibility index (Phi) is 4.54. The van der Waals surface area contributed by atoms with Crippen LogP contribution in [-0.2, 0) is 4.79 Å². The first kappa shape index (κ1) is 12.3. The van der Waals surface area contributed by atoms with Crippen molar-refractivity contribution in [3.8, 4) is 5.75 Å². The third kappa shape index (κ3) is 4.14. The van der Waals surface area contributed by atoms with Crippen molar-refractivity contribution in [1.29, 1.82) is 0 Å². The second-order valence-electron chi connectivity index (χ2n) is 3.39. The van der Waals surface area contributed by atoms with Crippen LogP contribution in [0.2, 0.25) is 0 Å². The van der Waals surface area contributed by atoms with E-state index in [-0.39, 0.29) is 18.6 Å². The van der Waals surface area contributed by atoms with Crippen LogP contribution in [0.15, 0.2) is 42.5 Å². The van der Waals surface area contributed by atoms with Gasteiger partial charge in [-0.3, -0.25) is 0 Å². The number of benzene rings is 1. The first-order valence-corrected chi connectivity index (χ1v) is 4.86. The number of aliphatic hydroxyl groups excluding tert-OH is 1. The summed E-state index contributed by atoms with van der Waals surface area (Å²) in [5, 5.41) is 18.0. The van der Waals surface area contributed by atoms with E-state index in [4.69, 9.17) is 9.84 Å². The molecule has 16 heavy (non-hydrogen) atoms. The van der Waals surface area contributed by atoms with E-state index >= 15 is 0 Å². The zero-order valence-electron chi connectivity index (χ0n) is 8.80. The average Bonchev–Trinajstić information content (AvgIpc) is 2.27. The van der Waals surface area contributed by atoms with Gasteiger partial charge < -0.3 is 14.9 Å². The van der Waals surface area contributed by atoms with Gasteiger partial charge in [0.2, 0.25) is 0 Å². The van der Waals surface area contributed by atoms with E-state index in [2.05, 4.69) is 6.58 Å². The van der Waals surface area contributed by atoms with E-state index in [0.717, 1.165) is 0 Å². The van der Waals surface area contributed by atoms with Crippen LogP contribution in [-0.4, -0.2) is 28.9 Å². The molecule has 4 nitrogen and oxygen atoms in total. The summed E-state index contributed by atoms with van der Waals surface area (Å²) in [6.07, 6.45) is -0.855. The molecule has 86 valence electrons. The minimum atomic E-state index is -1.10. The summed E-state index contributed by atoms with van der Waals surface area (Å²) >= 11 is 0. The van der Waals surface area contributed by atoms with Gasteiger partial charge in [-0.05, 0) is 12.1 Å². The lowest BCUT2D eigenvalue weighted by Crippen LogP contribution is -2.19. The molecule has 1 rings (SSSR count). The van der Waals surface area contributed by atoms with Crippen LogP contribution in [0.3, 0.4) is 0 Å². The molecule has 0 aliphatic carbocycles. The van der Waals surface area contributed by atoms with Gasteiger partial charge in [-0.15, -0.1) is 0 Å². The maximum absolute atomic E-state index is 10.5. The molecule has 4 heteroatoms. The fourth-order valence-electron chi connectivity index (χ4n) is 1.14. The van der Waals surface area contributed by atoms with Crippen LogP contribution in [0.25, 0.3) is 0 Å². The van der Waals surface area contributed by atoms with Crippen LogP contribution in [0, 0.1) is 0 Å². The lowest BCUT2D eigenvalue weighted by molar-refractivity contribution is -0.133. The molecule has 0 radical (unpaired) electrons. The number of rotatable bonds is 6. The van der Waals surface area contributed by atoms with Gasteiger partial charge in [0.1, 0.15) is 12.4 Å². The molecule has 0 saturated heterocycles. The van der Waals surface area contributed by atoms with Crippen LogP contribution >= 0.6 is 0 Å². The molecular formula is C12H14O4. The molecule has 0 saturated carbocycles. The molecule has 2 N–H and O–H groups in total. The molecule has 0 amide bonds. The van der Waals surface area contributed by atoms with Gasteiger partial charge in [-0.1, -0.05) is 24.8 Å². The molecule has 1 atom stereocenters. The maximum Gasteiger partial charge on any atom is 0.331 e. The van der Waals surface area contributed by atoms with Gasteiger partial charge in [-0.2, -0.15) is 0 Å². The Bertz CT molecular complexity index is 359. The number of carboxylic acid groups (broad SMARTS) is 1. The van der Waals surface area contributed by atoms with Crippen LogP contribution in [0.1, 0.15) is 6.42 Å². The monoisotopic (exact) mass is 222 g/mol. The van der Waals surface area contributed by atoms with E-state index in [1.165, 1.54) is 0 Å². The number of carbonyl (C=O) groups is 1. The number of para-hydroxylation sites is 1. The highest BCUT2D eigenvalue weighted by molar-refractivity contribution is 5.85. The standard InChI is InChI=1S/C12H14O4/c1-9(12(14)15)7-10(13)8-16-11-5-3-2-4-6-11/h2-6,10,13H,1,7-8H2,(H,14,15). The van der Waals surface area contributed by atoms with Crippen LogP contribution < -0.4 is 4.74 Å². The summed E-state index contributed by atoms with van der Waals surface area (Å²) in [5.74, 6) is -0.457. The fourth-order valence-corrected chi connectivity index (χ4v) is 1.14. The van der Waals surface area contributed by atoms with Crippen molar-refractivity contribution in [2.24, 2.45) is 0 Å². The number of hydrogen-bond acceptors (Lipinski definition) is 3. The molecule has 1 unspecified atom stereocenters. The van der Waals surface area contributed by atoms with Crippen LogP contribution in [0.4, 0.5) is 0 Å². The van der Waals surface area contributed by atoms with Gasteiger partial charge in [-0.25, -0.2) is 4.79 Å². The first-order chi connectivity index (χ1) is 7.59. The van der Waals surface area contributed by atoms with Crippen molar-refractivity contribution in [2.45, 2.75) is 12.5 Å². The number of hydrogen-bond donors (Lipinski definition) is 2. The molecule has 0 heterocycles. The van der Waals surface area contributed by atoms with E-state index in [1.807, 2.05) is 18.2 Å². The number of aliphatic carboxylic acids is 1. The smallest absolute Gasteiger partial charge is 0.331 e. The van der Waals surface area contributed by atoms with Gasteiger partial charge in [0, 0.05) is 12.0 Å². The Labute approximate surface area is 93.8 Å². The van der Waals surface area contributed by atoms with Gasteiger partial charge in [0.15, 0.2) is 0 Å². The predicted octanol–water partition coefficient (Wildman–Crippen LogP) is 1.46. The molecule has 0 bridgehead atoms. The van der Waals surface area contributed by atoms with E-state index in [0.29, 0.717) is 5.75 Å². The second kappa shape index (κ2) is 5.92. The molecule has 0 aliphatic heterocycles. The third-order valence-corrected chi connectivity index (χ3v) is 1.97. The van der Waals surface area contributed by atoms with Crippen molar-refractivity contribution in [2.75, 3.05) is 6.61 Å². The maximum atomic E-state index is 10.5. The Morgan fingerprint density at radius 1 is 1.38 bits per heavy atom. The van der Waals surface area contributed by atoms with Crippen LogP contribution in [0.5, 0.6) is 5.75 Å². The molecule has 1 aromatic carbocycles. The topological polar surface area (TPSA) is 66.8 Å². The number of ether oxygens (including phenoxy) is 1. The van der Waals surface area contributed by atoms with Gasteiger partial charge in [0.05, 0.1) is 6.10 Å². The quantitative estimate of drug-likeness (QED) is 0.715. The largest absolute Gasteiger partial charge is 0.491 e. The first-order valence-electron chi connectivity index (χ1n) is 4.86. The summed E-state index contributed by atoms with van der Waals surface area (Å²) in [5.41, 5.74) is -0.0239. The lowest BCUT2D eigenvalue weighted by atomic mass is 10.1. The SMILES string of the molecule is C=C(CC(O)COc1ccccc1)C(=O)O. The van der Waals surface area contributed by atoms with Crippen molar-refractivity contribution in [1.82, 2.24) is 0 Å². The fraction of sp³-hybridized carbons (Fsp3) is 0.250. The highest BCUT2D eigenvalue weighted by Gasteiger charge is 2.11. The van der Waals surface area contributed by atoms with Gasteiger partial charge in [0.25, 0.3) is 0 Å². The summed E-state index contributed by atoms with van der Waals surface area (Å²) in [6, 6.07) is 9.02. The summed E-state index contributed by atoms with van der Waals surface area (Å²) in [6.45, 7) is 3.39. The van der Waals surface area contributed by atoms with Gasteiger partial charge >= 0.3 is 5.97 Å². The van der Waals surface area contributed by atoms with Crippen molar-refractivity contribution < 1.29 is 19.7 Å². The Morgan fingerprint density at radius 3 is 2.56 bits per heavy atom. The van der Waals surface area contributed by atoms with Crippen molar-refractivity contribution >= 4 is 5.97 Å². The second-order valence-corrected chi connectivity index (χ2v) is 3.39. The lowest BCUT2D eigenvalue weighted by Gasteiger charge is -2.11. The highest BCUT2D eigenvalue weighted by atomic mass is 16.5. The average molecular weight is 222 g/mol. The van der Waals surface area contributed by atoms with E-state index < -0.39 is 12.1 Å². The molecule has 0 fully saturated rings. The van der Waals surface area contributed by atoms with Crippen molar-refractivity contribution in [3.05, 3.63) is 42.5 Å². The highest BCUT2D eigenvalue weighted by Crippen LogP contribution is 2.10. The number of aliphatic hydroxyl groups is 1. The molecule has 0 spiro atoms. The summed E-state index contributed by atoms with van der Waals surface area (Å²) < 4.78 is 5.26.